The Bertz CT molecular complexity index is 620. The van der Waals surface area contributed by atoms with Gasteiger partial charge in [0, 0.05) is 0 Å². The summed E-state index contributed by atoms with van der Waals surface area (Å²) in [5.74, 6) is -1.74. The molecule has 0 saturated carbocycles. The van der Waals surface area contributed by atoms with Gasteiger partial charge in [-0.05, 0) is 12.1 Å². The van der Waals surface area contributed by atoms with Gasteiger partial charge in [-0.15, -0.1) is 0 Å². The van der Waals surface area contributed by atoms with Crippen molar-refractivity contribution in [3.63, 3.8) is 0 Å². The molecule has 8 heteroatoms. The van der Waals surface area contributed by atoms with E-state index in [1.54, 1.807) is 0 Å². The average molecular weight is 257 g/mol. The van der Waals surface area contributed by atoms with E-state index in [4.69, 9.17) is 9.66 Å². The quantitative estimate of drug-likeness (QED) is 0.544. The van der Waals surface area contributed by atoms with Crippen LogP contribution in [-0.2, 0) is 10.1 Å². The van der Waals surface area contributed by atoms with E-state index in [1.807, 2.05) is 0 Å². The Hall–Kier alpha value is -1.77. The molecule has 0 bridgehead atoms. The van der Waals surface area contributed by atoms with Crippen molar-refractivity contribution in [2.75, 3.05) is 6.73 Å². The molecular weight excluding hydrogens is 250 g/mol. The summed E-state index contributed by atoms with van der Waals surface area (Å²) in [6.45, 7) is -0.850. The van der Waals surface area contributed by atoms with E-state index < -0.39 is 39.1 Å². The second-order valence-electron chi connectivity index (χ2n) is 3.33. The van der Waals surface area contributed by atoms with Crippen LogP contribution in [0.2, 0.25) is 0 Å². The summed E-state index contributed by atoms with van der Waals surface area (Å²) in [6, 6.07) is 3.49. The minimum atomic E-state index is -4.60. The number of fused-ring (bicyclic) bond motifs is 1. The summed E-state index contributed by atoms with van der Waals surface area (Å²) < 4.78 is 31.0. The van der Waals surface area contributed by atoms with Gasteiger partial charge in [0.15, 0.2) is 0 Å². The summed E-state index contributed by atoms with van der Waals surface area (Å²) >= 11 is 0. The lowest BCUT2D eigenvalue weighted by Crippen LogP contribution is -2.30. The van der Waals surface area contributed by atoms with Crippen LogP contribution < -0.4 is 0 Å². The van der Waals surface area contributed by atoms with Crippen LogP contribution in [0.5, 0.6) is 0 Å². The highest BCUT2D eigenvalue weighted by molar-refractivity contribution is 7.86. The highest BCUT2D eigenvalue weighted by atomic mass is 32.2. The molecule has 7 nitrogen and oxygen atoms in total. The minimum absolute atomic E-state index is 0.154. The molecule has 2 rings (SSSR count). The zero-order valence-corrected chi connectivity index (χ0v) is 9.14. The van der Waals surface area contributed by atoms with Gasteiger partial charge in [0.25, 0.3) is 21.9 Å². The van der Waals surface area contributed by atoms with Crippen LogP contribution in [0.4, 0.5) is 0 Å². The van der Waals surface area contributed by atoms with E-state index in [0.717, 1.165) is 6.07 Å². The van der Waals surface area contributed by atoms with Gasteiger partial charge in [-0.1, -0.05) is 6.07 Å². The van der Waals surface area contributed by atoms with Crippen molar-refractivity contribution in [1.29, 1.82) is 0 Å². The number of rotatable bonds is 2. The van der Waals surface area contributed by atoms with Crippen molar-refractivity contribution in [1.82, 2.24) is 4.90 Å². The van der Waals surface area contributed by atoms with E-state index in [9.17, 15) is 18.0 Å². The lowest BCUT2D eigenvalue weighted by Gasteiger charge is -2.08. The Morgan fingerprint density at radius 3 is 2.35 bits per heavy atom. The van der Waals surface area contributed by atoms with Gasteiger partial charge < -0.3 is 5.11 Å². The van der Waals surface area contributed by atoms with Crippen LogP contribution in [0.25, 0.3) is 0 Å². The second-order valence-corrected chi connectivity index (χ2v) is 4.72. The van der Waals surface area contributed by atoms with E-state index >= 15 is 0 Å². The SMILES string of the molecule is O=C1c2cccc(S(=O)(=O)O)c2C(=O)N1CO. The second kappa shape index (κ2) is 3.62. The zero-order chi connectivity index (χ0) is 12.8. The standard InChI is InChI=1S/C9H7NO6S/c11-4-10-8(12)5-2-1-3-6(17(14,15)16)7(5)9(10)13/h1-3,11H,4H2,(H,14,15,16). The number of nitrogens with zero attached hydrogens (tertiary/aromatic N) is 1. The molecule has 1 aliphatic rings. The minimum Gasteiger partial charge on any atom is -0.376 e. The van der Waals surface area contributed by atoms with E-state index in [-0.39, 0.29) is 5.56 Å². The predicted octanol–water partition coefficient (Wildman–Crippen LogP) is -0.521. The molecule has 2 N–H and O–H groups in total. The van der Waals surface area contributed by atoms with Crippen LogP contribution in [0.15, 0.2) is 23.1 Å². The number of aliphatic hydroxyl groups excluding tert-OH is 1. The van der Waals surface area contributed by atoms with Gasteiger partial charge >= 0.3 is 0 Å². The molecule has 0 atom stereocenters. The van der Waals surface area contributed by atoms with Crippen LogP contribution in [0.1, 0.15) is 20.7 Å². The molecule has 0 spiro atoms. The summed E-state index contributed by atoms with van der Waals surface area (Å²) in [7, 11) is -4.60. The van der Waals surface area contributed by atoms with E-state index in [2.05, 4.69) is 0 Å². The molecule has 0 fully saturated rings. The molecule has 0 unspecified atom stereocenters. The first-order valence-corrected chi connectivity index (χ1v) is 5.89. The third kappa shape index (κ3) is 1.62. The largest absolute Gasteiger partial charge is 0.376 e. The summed E-state index contributed by atoms with van der Waals surface area (Å²) in [5.41, 5.74) is -0.562. The predicted molar refractivity (Wildman–Crippen MR) is 53.8 cm³/mol. The fourth-order valence-corrected chi connectivity index (χ4v) is 2.35. The molecule has 1 aliphatic heterocycles. The number of carbonyl (C=O) groups is 2. The maximum Gasteiger partial charge on any atom is 0.295 e. The lowest BCUT2D eigenvalue weighted by atomic mass is 10.1. The summed E-state index contributed by atoms with van der Waals surface area (Å²) in [6.07, 6.45) is 0. The third-order valence-corrected chi connectivity index (χ3v) is 3.28. The van der Waals surface area contributed by atoms with Crippen LogP contribution >= 0.6 is 0 Å². The topological polar surface area (TPSA) is 112 Å². The van der Waals surface area contributed by atoms with Gasteiger partial charge in [0.2, 0.25) is 0 Å². The number of aliphatic hydroxyl groups is 1. The Balaban J connectivity index is 2.76. The molecule has 0 aromatic heterocycles. The number of hydrogen-bond acceptors (Lipinski definition) is 5. The Morgan fingerprint density at radius 1 is 1.18 bits per heavy atom. The molecule has 90 valence electrons. The Morgan fingerprint density at radius 2 is 1.82 bits per heavy atom. The monoisotopic (exact) mass is 257 g/mol. The molecule has 17 heavy (non-hydrogen) atoms. The first-order chi connectivity index (χ1) is 7.88. The van der Waals surface area contributed by atoms with Crippen molar-refractivity contribution in [3.8, 4) is 0 Å². The molecule has 1 aromatic carbocycles. The lowest BCUT2D eigenvalue weighted by molar-refractivity contribution is 0.0488. The fraction of sp³-hybridized carbons (Fsp3) is 0.111. The van der Waals surface area contributed by atoms with Crippen molar-refractivity contribution in [3.05, 3.63) is 29.3 Å². The maximum absolute atomic E-state index is 11.7. The van der Waals surface area contributed by atoms with Gasteiger partial charge in [-0.3, -0.25) is 19.0 Å². The number of hydrogen-bond donors (Lipinski definition) is 2. The highest BCUT2D eigenvalue weighted by Crippen LogP contribution is 2.28. The molecule has 0 aliphatic carbocycles. The van der Waals surface area contributed by atoms with E-state index in [0.29, 0.717) is 4.90 Å². The van der Waals surface area contributed by atoms with Crippen molar-refractivity contribution in [2.24, 2.45) is 0 Å². The van der Waals surface area contributed by atoms with Gasteiger partial charge in [0.1, 0.15) is 11.6 Å². The van der Waals surface area contributed by atoms with Gasteiger partial charge in [-0.25, -0.2) is 0 Å². The number of benzene rings is 1. The van der Waals surface area contributed by atoms with Crippen molar-refractivity contribution in [2.45, 2.75) is 4.90 Å². The van der Waals surface area contributed by atoms with Gasteiger partial charge in [-0.2, -0.15) is 8.42 Å². The number of imide groups is 1. The first kappa shape index (κ1) is 11.7. The normalized spacial score (nSPS) is 15.3. The Kier molecular flexibility index (Phi) is 2.49. The highest BCUT2D eigenvalue weighted by Gasteiger charge is 2.39. The molecule has 0 saturated heterocycles. The first-order valence-electron chi connectivity index (χ1n) is 4.45. The number of carbonyl (C=O) groups excluding carboxylic acids is 2. The smallest absolute Gasteiger partial charge is 0.295 e. The molecular formula is C9H7NO6S. The molecule has 1 heterocycles. The van der Waals surface area contributed by atoms with Crippen LogP contribution in [-0.4, -0.2) is 41.5 Å². The zero-order valence-electron chi connectivity index (χ0n) is 8.32. The molecule has 2 amide bonds. The fourth-order valence-electron chi connectivity index (χ4n) is 1.65. The van der Waals surface area contributed by atoms with E-state index in [1.165, 1.54) is 12.1 Å². The average Bonchev–Trinajstić information content (AvgIpc) is 2.50. The molecule has 0 radical (unpaired) electrons. The van der Waals surface area contributed by atoms with Gasteiger partial charge in [0.05, 0.1) is 11.1 Å². The maximum atomic E-state index is 11.7. The number of amides is 2. The summed E-state index contributed by atoms with van der Waals surface area (Å²) in [4.78, 5) is 23.1. The third-order valence-electron chi connectivity index (χ3n) is 2.38. The van der Waals surface area contributed by atoms with Crippen molar-refractivity contribution >= 4 is 21.9 Å². The van der Waals surface area contributed by atoms with Crippen LogP contribution in [0, 0.1) is 0 Å². The molecule has 1 aromatic rings. The van der Waals surface area contributed by atoms with Crippen LogP contribution in [0.3, 0.4) is 0 Å². The summed E-state index contributed by atoms with van der Waals surface area (Å²) in [5, 5.41) is 8.85. The Labute approximate surface area is 96.0 Å². The van der Waals surface area contributed by atoms with Crippen molar-refractivity contribution < 1.29 is 27.7 Å².